The van der Waals surface area contributed by atoms with Crippen molar-refractivity contribution in [2.45, 2.75) is 46.6 Å². The van der Waals surface area contributed by atoms with Gasteiger partial charge in [0, 0.05) is 12.2 Å². The van der Waals surface area contributed by atoms with Crippen LogP contribution in [0.1, 0.15) is 51.2 Å². The Hall–Kier alpha value is -1.38. The highest BCUT2D eigenvalue weighted by atomic mass is 15.1. The van der Waals surface area contributed by atoms with Gasteiger partial charge in [0.15, 0.2) is 0 Å². The molecule has 2 aromatic rings. The lowest BCUT2D eigenvalue weighted by molar-refractivity contribution is 0.600. The second-order valence-electron chi connectivity index (χ2n) is 4.84. The van der Waals surface area contributed by atoms with Crippen LogP contribution in [-0.2, 0) is 0 Å². The average molecular weight is 217 g/mol. The van der Waals surface area contributed by atoms with Crippen molar-refractivity contribution in [1.29, 1.82) is 0 Å². The summed E-state index contributed by atoms with van der Waals surface area (Å²) in [4.78, 5) is 9.10. The summed E-state index contributed by atoms with van der Waals surface area (Å²) in [5.74, 6) is 1.48. The highest BCUT2D eigenvalue weighted by molar-refractivity contribution is 5.78. The first-order valence-corrected chi connectivity index (χ1v) is 5.85. The zero-order chi connectivity index (χ0) is 11.9. The number of fused-ring (bicyclic) bond motifs is 1. The standard InChI is InChI=1S/C13H19N3/c1-8(2)12-13-11(6-7-14-12)16(9(3)4)10(5)15-13/h6-9H,1-5H3. The summed E-state index contributed by atoms with van der Waals surface area (Å²) < 4.78 is 2.27. The normalized spacial score (nSPS) is 11.9. The lowest BCUT2D eigenvalue weighted by Gasteiger charge is -2.11. The van der Waals surface area contributed by atoms with Crippen LogP contribution in [0.4, 0.5) is 0 Å². The van der Waals surface area contributed by atoms with Crippen LogP contribution in [0.2, 0.25) is 0 Å². The first-order chi connectivity index (χ1) is 7.52. The molecule has 0 amide bonds. The van der Waals surface area contributed by atoms with E-state index < -0.39 is 0 Å². The van der Waals surface area contributed by atoms with Gasteiger partial charge in [0.25, 0.3) is 0 Å². The highest BCUT2D eigenvalue weighted by Crippen LogP contribution is 2.25. The van der Waals surface area contributed by atoms with Crippen molar-refractivity contribution in [2.75, 3.05) is 0 Å². The molecule has 2 rings (SSSR count). The molecule has 2 aromatic heterocycles. The van der Waals surface area contributed by atoms with Gasteiger partial charge in [-0.1, -0.05) is 13.8 Å². The first-order valence-electron chi connectivity index (χ1n) is 5.85. The smallest absolute Gasteiger partial charge is 0.111 e. The van der Waals surface area contributed by atoms with E-state index in [0.717, 1.165) is 17.0 Å². The predicted molar refractivity (Wildman–Crippen MR) is 66.7 cm³/mol. The van der Waals surface area contributed by atoms with E-state index in [-0.39, 0.29) is 0 Å². The molecule has 0 bridgehead atoms. The fourth-order valence-electron chi connectivity index (χ4n) is 2.23. The number of pyridine rings is 1. The van der Waals surface area contributed by atoms with Gasteiger partial charge in [-0.05, 0) is 32.8 Å². The van der Waals surface area contributed by atoms with Gasteiger partial charge in [0.05, 0.1) is 11.2 Å². The van der Waals surface area contributed by atoms with Gasteiger partial charge in [0.1, 0.15) is 11.3 Å². The van der Waals surface area contributed by atoms with Crippen molar-refractivity contribution >= 4 is 11.0 Å². The molecule has 0 aliphatic rings. The molecule has 0 N–H and O–H groups in total. The largest absolute Gasteiger partial charge is 0.326 e. The van der Waals surface area contributed by atoms with E-state index in [1.165, 1.54) is 5.52 Å². The van der Waals surface area contributed by atoms with Crippen molar-refractivity contribution in [3.63, 3.8) is 0 Å². The van der Waals surface area contributed by atoms with Crippen molar-refractivity contribution in [3.8, 4) is 0 Å². The summed E-state index contributed by atoms with van der Waals surface area (Å²) in [5.41, 5.74) is 3.36. The summed E-state index contributed by atoms with van der Waals surface area (Å²) in [6.07, 6.45) is 1.89. The molecule has 0 atom stereocenters. The maximum absolute atomic E-state index is 4.66. The molecule has 3 nitrogen and oxygen atoms in total. The summed E-state index contributed by atoms with van der Waals surface area (Å²) in [6.45, 7) is 10.7. The lowest BCUT2D eigenvalue weighted by atomic mass is 10.1. The van der Waals surface area contributed by atoms with Crippen LogP contribution >= 0.6 is 0 Å². The Kier molecular flexibility index (Phi) is 2.70. The number of aryl methyl sites for hydroxylation is 1. The first kappa shape index (κ1) is 11.1. The number of imidazole rings is 1. The lowest BCUT2D eigenvalue weighted by Crippen LogP contribution is -2.02. The second-order valence-corrected chi connectivity index (χ2v) is 4.84. The SMILES string of the molecule is Cc1nc2c(C(C)C)nccc2n1C(C)C. The fourth-order valence-corrected chi connectivity index (χ4v) is 2.23. The monoisotopic (exact) mass is 217 g/mol. The van der Waals surface area contributed by atoms with Gasteiger partial charge >= 0.3 is 0 Å². The predicted octanol–water partition coefficient (Wildman–Crippen LogP) is 3.44. The fraction of sp³-hybridized carbons (Fsp3) is 0.538. The molecule has 2 heterocycles. The summed E-state index contributed by atoms with van der Waals surface area (Å²) >= 11 is 0. The van der Waals surface area contributed by atoms with E-state index in [9.17, 15) is 0 Å². The third-order valence-electron chi connectivity index (χ3n) is 2.88. The van der Waals surface area contributed by atoms with Gasteiger partial charge in [0.2, 0.25) is 0 Å². The van der Waals surface area contributed by atoms with Crippen LogP contribution < -0.4 is 0 Å². The Labute approximate surface area is 96.5 Å². The molecular weight excluding hydrogens is 198 g/mol. The van der Waals surface area contributed by atoms with E-state index in [1.54, 1.807) is 0 Å². The summed E-state index contributed by atoms with van der Waals surface area (Å²) in [6, 6.07) is 2.49. The van der Waals surface area contributed by atoms with Crippen LogP contribution in [0, 0.1) is 6.92 Å². The van der Waals surface area contributed by atoms with Crippen molar-refractivity contribution < 1.29 is 0 Å². The number of aromatic nitrogens is 3. The molecule has 0 unspecified atom stereocenters. The van der Waals surface area contributed by atoms with Crippen LogP contribution in [0.15, 0.2) is 12.3 Å². The van der Waals surface area contributed by atoms with E-state index in [4.69, 9.17) is 0 Å². The minimum Gasteiger partial charge on any atom is -0.326 e. The molecule has 0 fully saturated rings. The molecule has 0 radical (unpaired) electrons. The minimum absolute atomic E-state index is 0.415. The van der Waals surface area contributed by atoms with E-state index in [2.05, 4.69) is 55.2 Å². The quantitative estimate of drug-likeness (QED) is 0.771. The van der Waals surface area contributed by atoms with E-state index >= 15 is 0 Å². The molecule has 0 aliphatic heterocycles. The number of hydrogen-bond donors (Lipinski definition) is 0. The molecule has 0 aromatic carbocycles. The topological polar surface area (TPSA) is 30.7 Å². The summed E-state index contributed by atoms with van der Waals surface area (Å²) in [5, 5.41) is 0. The van der Waals surface area contributed by atoms with E-state index in [0.29, 0.717) is 12.0 Å². The average Bonchev–Trinajstić information content (AvgIpc) is 2.52. The number of hydrogen-bond acceptors (Lipinski definition) is 2. The second kappa shape index (κ2) is 3.89. The molecule has 16 heavy (non-hydrogen) atoms. The van der Waals surface area contributed by atoms with Crippen molar-refractivity contribution in [3.05, 3.63) is 23.8 Å². The maximum Gasteiger partial charge on any atom is 0.111 e. The van der Waals surface area contributed by atoms with Gasteiger partial charge in [-0.3, -0.25) is 4.98 Å². The third-order valence-corrected chi connectivity index (χ3v) is 2.88. The van der Waals surface area contributed by atoms with Crippen LogP contribution in [-0.4, -0.2) is 14.5 Å². The van der Waals surface area contributed by atoms with Crippen molar-refractivity contribution in [2.24, 2.45) is 0 Å². The van der Waals surface area contributed by atoms with Gasteiger partial charge < -0.3 is 4.57 Å². The van der Waals surface area contributed by atoms with Crippen LogP contribution in [0.25, 0.3) is 11.0 Å². The Balaban J connectivity index is 2.78. The third kappa shape index (κ3) is 1.60. The minimum atomic E-state index is 0.415. The van der Waals surface area contributed by atoms with Crippen LogP contribution in [0.5, 0.6) is 0 Å². The zero-order valence-corrected chi connectivity index (χ0v) is 10.7. The Morgan fingerprint density at radius 2 is 1.88 bits per heavy atom. The molecule has 3 heteroatoms. The Morgan fingerprint density at radius 1 is 1.19 bits per heavy atom. The zero-order valence-electron chi connectivity index (χ0n) is 10.7. The highest BCUT2D eigenvalue weighted by Gasteiger charge is 2.15. The van der Waals surface area contributed by atoms with Crippen LogP contribution in [0.3, 0.4) is 0 Å². The van der Waals surface area contributed by atoms with Crippen molar-refractivity contribution in [1.82, 2.24) is 14.5 Å². The molecule has 0 saturated heterocycles. The van der Waals surface area contributed by atoms with Gasteiger partial charge in [-0.2, -0.15) is 0 Å². The molecule has 0 spiro atoms. The molecule has 86 valence electrons. The number of rotatable bonds is 2. The Bertz CT molecular complexity index is 509. The Morgan fingerprint density at radius 3 is 2.44 bits per heavy atom. The summed E-state index contributed by atoms with van der Waals surface area (Å²) in [7, 11) is 0. The molecule has 0 saturated carbocycles. The van der Waals surface area contributed by atoms with Gasteiger partial charge in [-0.25, -0.2) is 4.98 Å². The van der Waals surface area contributed by atoms with E-state index in [1.807, 2.05) is 6.20 Å². The van der Waals surface area contributed by atoms with Gasteiger partial charge in [-0.15, -0.1) is 0 Å². The molecular formula is C13H19N3. The molecule has 0 aliphatic carbocycles. The number of nitrogens with zero attached hydrogens (tertiary/aromatic N) is 3. The maximum atomic E-state index is 4.66.